The summed E-state index contributed by atoms with van der Waals surface area (Å²) < 4.78 is 19.2. The van der Waals surface area contributed by atoms with Crippen molar-refractivity contribution in [3.8, 4) is 0 Å². The van der Waals surface area contributed by atoms with Gasteiger partial charge in [-0.25, -0.2) is 4.39 Å². The predicted octanol–water partition coefficient (Wildman–Crippen LogP) is 7.15. The molecule has 0 aliphatic heterocycles. The Bertz CT molecular complexity index is 554. The van der Waals surface area contributed by atoms with E-state index < -0.39 is 6.17 Å². The Morgan fingerprint density at radius 3 is 2.43 bits per heavy atom. The molecule has 0 heterocycles. The van der Waals surface area contributed by atoms with Crippen molar-refractivity contribution >= 4 is 5.97 Å². The molecule has 1 aliphatic rings. The average molecular weight is 391 g/mol. The fourth-order valence-corrected chi connectivity index (χ4v) is 4.61. The minimum absolute atomic E-state index is 0.131. The molecule has 2 unspecified atom stereocenters. The van der Waals surface area contributed by atoms with Crippen LogP contribution in [0.1, 0.15) is 101 Å². The largest absolute Gasteiger partial charge is 0.469 e. The smallest absolute Gasteiger partial charge is 0.305 e. The van der Waals surface area contributed by atoms with Gasteiger partial charge in [-0.3, -0.25) is 4.79 Å². The van der Waals surface area contributed by atoms with Crippen LogP contribution in [-0.2, 0) is 16.0 Å². The van der Waals surface area contributed by atoms with E-state index in [0.29, 0.717) is 18.8 Å². The number of benzene rings is 1. The number of halogens is 1. The fraction of sp³-hybridized carbons (Fsp3) is 0.720. The monoisotopic (exact) mass is 390 g/mol. The number of rotatable bonds is 13. The second-order valence-corrected chi connectivity index (χ2v) is 8.44. The highest BCUT2D eigenvalue weighted by molar-refractivity contribution is 5.68. The van der Waals surface area contributed by atoms with Crippen LogP contribution in [0.3, 0.4) is 0 Å². The van der Waals surface area contributed by atoms with Crippen molar-refractivity contribution in [3.05, 3.63) is 35.4 Å². The van der Waals surface area contributed by atoms with Crippen LogP contribution < -0.4 is 0 Å². The standard InChI is InChI=1S/C25H39FO2/c1-3-4-5-8-11-20-14-16-21(17-15-20)22-18-19-24(26)23(22)12-9-6-7-10-13-25(27)28-2/h14-17,22-24H,3-13,18-19H2,1-2H3/t22?,23-,24?/m1/s1. The molecule has 1 saturated carbocycles. The van der Waals surface area contributed by atoms with Gasteiger partial charge < -0.3 is 4.74 Å². The molecule has 0 radical (unpaired) electrons. The minimum atomic E-state index is -0.659. The topological polar surface area (TPSA) is 26.3 Å². The SMILES string of the molecule is CCCCCCc1ccc(C2CCC(F)[C@@H]2CCCCCCC(=O)OC)cc1. The van der Waals surface area contributed by atoms with Crippen molar-refractivity contribution in [2.75, 3.05) is 7.11 Å². The molecule has 2 nitrogen and oxygen atoms in total. The third-order valence-electron chi connectivity index (χ3n) is 6.36. The van der Waals surface area contributed by atoms with Gasteiger partial charge in [0.15, 0.2) is 0 Å². The molecular formula is C25H39FO2. The van der Waals surface area contributed by atoms with Crippen LogP contribution in [0.15, 0.2) is 24.3 Å². The summed E-state index contributed by atoms with van der Waals surface area (Å²) in [5, 5.41) is 0. The lowest BCUT2D eigenvalue weighted by atomic mass is 9.84. The fourth-order valence-electron chi connectivity index (χ4n) is 4.61. The van der Waals surface area contributed by atoms with E-state index in [4.69, 9.17) is 0 Å². The molecule has 1 aliphatic carbocycles. The second kappa shape index (κ2) is 13.0. The first kappa shape index (κ1) is 22.9. The van der Waals surface area contributed by atoms with Crippen molar-refractivity contribution in [3.63, 3.8) is 0 Å². The van der Waals surface area contributed by atoms with Gasteiger partial charge in [0.05, 0.1) is 7.11 Å². The maximum atomic E-state index is 14.5. The molecule has 0 saturated heterocycles. The molecule has 2 rings (SSSR count). The summed E-state index contributed by atoms with van der Waals surface area (Å²) in [6, 6.07) is 9.02. The van der Waals surface area contributed by atoms with Crippen molar-refractivity contribution < 1.29 is 13.9 Å². The Kier molecular flexibility index (Phi) is 10.6. The first-order valence-electron chi connectivity index (χ1n) is 11.5. The van der Waals surface area contributed by atoms with Crippen LogP contribution >= 0.6 is 0 Å². The number of unbranched alkanes of at least 4 members (excludes halogenated alkanes) is 6. The maximum Gasteiger partial charge on any atom is 0.305 e. The van der Waals surface area contributed by atoms with Gasteiger partial charge >= 0.3 is 5.97 Å². The number of aryl methyl sites for hydroxylation is 1. The van der Waals surface area contributed by atoms with E-state index in [1.54, 1.807) is 0 Å². The number of alkyl halides is 1. The molecule has 0 spiro atoms. The summed E-state index contributed by atoms with van der Waals surface area (Å²) in [4.78, 5) is 11.1. The average Bonchev–Trinajstić information content (AvgIpc) is 3.08. The van der Waals surface area contributed by atoms with Crippen molar-refractivity contribution in [1.29, 1.82) is 0 Å². The molecule has 1 fully saturated rings. The van der Waals surface area contributed by atoms with Crippen LogP contribution in [0.5, 0.6) is 0 Å². The van der Waals surface area contributed by atoms with E-state index in [1.165, 1.54) is 43.9 Å². The summed E-state index contributed by atoms with van der Waals surface area (Å²) in [6.45, 7) is 2.24. The Hall–Kier alpha value is -1.38. The van der Waals surface area contributed by atoms with Gasteiger partial charge in [-0.1, -0.05) is 69.7 Å². The lowest BCUT2D eigenvalue weighted by molar-refractivity contribution is -0.140. The number of carbonyl (C=O) groups excluding carboxylic acids is 1. The van der Waals surface area contributed by atoms with Crippen LogP contribution in [0.4, 0.5) is 4.39 Å². The van der Waals surface area contributed by atoms with E-state index in [-0.39, 0.29) is 11.9 Å². The number of ether oxygens (including phenoxy) is 1. The maximum absolute atomic E-state index is 14.5. The molecule has 3 atom stereocenters. The van der Waals surface area contributed by atoms with Crippen LogP contribution in [-0.4, -0.2) is 19.3 Å². The molecule has 1 aromatic rings. The van der Waals surface area contributed by atoms with E-state index in [9.17, 15) is 9.18 Å². The van der Waals surface area contributed by atoms with Gasteiger partial charge in [-0.2, -0.15) is 0 Å². The number of hydrogen-bond acceptors (Lipinski definition) is 2. The first-order valence-corrected chi connectivity index (χ1v) is 11.5. The van der Waals surface area contributed by atoms with Crippen LogP contribution in [0, 0.1) is 5.92 Å². The molecule has 0 N–H and O–H groups in total. The Morgan fingerprint density at radius 2 is 1.71 bits per heavy atom. The number of esters is 1. The summed E-state index contributed by atoms with van der Waals surface area (Å²) in [6.07, 6.45) is 12.8. The second-order valence-electron chi connectivity index (χ2n) is 8.44. The van der Waals surface area contributed by atoms with E-state index >= 15 is 0 Å². The molecule has 0 bridgehead atoms. The minimum Gasteiger partial charge on any atom is -0.469 e. The third kappa shape index (κ3) is 7.56. The normalized spacial score (nSPS) is 21.8. The van der Waals surface area contributed by atoms with E-state index in [0.717, 1.165) is 44.9 Å². The molecule has 0 amide bonds. The zero-order chi connectivity index (χ0) is 20.2. The zero-order valence-corrected chi connectivity index (χ0v) is 17.9. The summed E-state index contributed by atoms with van der Waals surface area (Å²) in [5.74, 6) is 0.406. The summed E-state index contributed by atoms with van der Waals surface area (Å²) >= 11 is 0. The molecular weight excluding hydrogens is 351 g/mol. The molecule has 28 heavy (non-hydrogen) atoms. The Balaban J connectivity index is 1.76. The van der Waals surface area contributed by atoms with Crippen molar-refractivity contribution in [2.24, 2.45) is 5.92 Å². The van der Waals surface area contributed by atoms with Crippen molar-refractivity contribution in [2.45, 2.75) is 102 Å². The van der Waals surface area contributed by atoms with Gasteiger partial charge in [0.1, 0.15) is 6.17 Å². The van der Waals surface area contributed by atoms with Gasteiger partial charge in [-0.15, -0.1) is 0 Å². The number of hydrogen-bond donors (Lipinski definition) is 0. The van der Waals surface area contributed by atoms with Gasteiger partial charge in [0, 0.05) is 6.42 Å². The lowest BCUT2D eigenvalue weighted by Crippen LogP contribution is -2.15. The lowest BCUT2D eigenvalue weighted by Gasteiger charge is -2.22. The first-order chi connectivity index (χ1) is 13.7. The predicted molar refractivity (Wildman–Crippen MR) is 114 cm³/mol. The Labute approximate surface area is 171 Å². The van der Waals surface area contributed by atoms with Crippen molar-refractivity contribution in [1.82, 2.24) is 0 Å². The van der Waals surface area contributed by atoms with E-state index in [1.807, 2.05) is 0 Å². The molecule has 3 heteroatoms. The quantitative estimate of drug-likeness (QED) is 0.264. The molecule has 0 aromatic heterocycles. The third-order valence-corrected chi connectivity index (χ3v) is 6.36. The highest BCUT2D eigenvalue weighted by atomic mass is 19.1. The van der Waals surface area contributed by atoms with E-state index in [2.05, 4.69) is 35.9 Å². The Morgan fingerprint density at radius 1 is 1.00 bits per heavy atom. The van der Waals surface area contributed by atoms with Crippen LogP contribution in [0.25, 0.3) is 0 Å². The highest BCUT2D eigenvalue weighted by Crippen LogP contribution is 2.44. The molecule has 158 valence electrons. The highest BCUT2D eigenvalue weighted by Gasteiger charge is 2.36. The van der Waals surface area contributed by atoms with Crippen LogP contribution in [0.2, 0.25) is 0 Å². The summed E-state index contributed by atoms with van der Waals surface area (Å²) in [5.41, 5.74) is 2.74. The number of carbonyl (C=O) groups is 1. The van der Waals surface area contributed by atoms with Gasteiger partial charge in [0.2, 0.25) is 0 Å². The zero-order valence-electron chi connectivity index (χ0n) is 17.9. The molecule has 1 aromatic carbocycles. The summed E-state index contributed by atoms with van der Waals surface area (Å²) in [7, 11) is 1.43. The number of methoxy groups -OCH3 is 1. The van der Waals surface area contributed by atoms with Gasteiger partial charge in [-0.05, 0) is 61.5 Å². The van der Waals surface area contributed by atoms with Gasteiger partial charge in [0.25, 0.3) is 0 Å².